The van der Waals surface area contributed by atoms with Gasteiger partial charge in [0.15, 0.2) is 11.6 Å². The van der Waals surface area contributed by atoms with Crippen LogP contribution >= 0.6 is 0 Å². The average Bonchev–Trinajstić information content (AvgIpc) is 3.03. The third-order valence-corrected chi connectivity index (χ3v) is 3.66. The Labute approximate surface area is 134 Å². The highest BCUT2D eigenvalue weighted by Crippen LogP contribution is 2.26. The van der Waals surface area contributed by atoms with Crippen LogP contribution in [0.3, 0.4) is 0 Å². The van der Waals surface area contributed by atoms with Gasteiger partial charge < -0.3 is 14.6 Å². The minimum Gasteiger partial charge on any atom is -0.451 e. The average molecular weight is 312 g/mol. The second kappa shape index (κ2) is 5.89. The summed E-state index contributed by atoms with van der Waals surface area (Å²) in [6.07, 6.45) is 0. The molecule has 0 radical (unpaired) electrons. The van der Waals surface area contributed by atoms with Gasteiger partial charge in [-0.3, -0.25) is 9.89 Å². The number of fused-ring (bicyclic) bond motifs is 1. The Morgan fingerprint density at radius 2 is 2.09 bits per heavy atom. The number of amides is 1. The highest BCUT2D eigenvalue weighted by atomic mass is 16.3. The van der Waals surface area contributed by atoms with E-state index in [-0.39, 0.29) is 5.91 Å². The van der Waals surface area contributed by atoms with Crippen molar-refractivity contribution in [3.8, 4) is 0 Å². The van der Waals surface area contributed by atoms with Crippen molar-refractivity contribution in [2.75, 3.05) is 19.4 Å². The third-order valence-electron chi connectivity index (χ3n) is 3.66. The Morgan fingerprint density at radius 1 is 1.30 bits per heavy atom. The molecular formula is C17H20N4O2. The topological polar surface area (TPSA) is 74.2 Å². The molecule has 2 heterocycles. The van der Waals surface area contributed by atoms with Gasteiger partial charge >= 0.3 is 0 Å². The quantitative estimate of drug-likeness (QED) is 0.776. The number of nitrogens with zero attached hydrogens (tertiary/aromatic N) is 2. The molecule has 23 heavy (non-hydrogen) atoms. The number of carbonyl (C=O) groups is 1. The van der Waals surface area contributed by atoms with E-state index < -0.39 is 0 Å². The van der Waals surface area contributed by atoms with E-state index in [9.17, 15) is 4.79 Å². The Morgan fingerprint density at radius 3 is 2.83 bits per heavy atom. The second-order valence-corrected chi connectivity index (χ2v) is 6.03. The molecule has 0 aliphatic carbocycles. The SMILES string of the molecule is Cc1ccc2oc(C(=O)Nc3cc(CN(C)C)[nH]n3)c(C)c2c1. The van der Waals surface area contributed by atoms with E-state index in [1.54, 1.807) is 0 Å². The number of benzene rings is 1. The van der Waals surface area contributed by atoms with Crippen LogP contribution in [0.15, 0.2) is 28.7 Å². The minimum absolute atomic E-state index is 0.292. The van der Waals surface area contributed by atoms with Crippen LogP contribution in [-0.4, -0.2) is 35.1 Å². The molecule has 0 saturated carbocycles. The van der Waals surface area contributed by atoms with Crippen LogP contribution in [0.5, 0.6) is 0 Å². The van der Waals surface area contributed by atoms with Crippen LogP contribution in [0.4, 0.5) is 5.82 Å². The molecule has 1 aromatic carbocycles. The number of aromatic amines is 1. The van der Waals surface area contributed by atoms with Crippen LogP contribution in [0.1, 0.15) is 27.4 Å². The van der Waals surface area contributed by atoms with E-state index in [4.69, 9.17) is 4.42 Å². The van der Waals surface area contributed by atoms with Crippen molar-refractivity contribution in [2.24, 2.45) is 0 Å². The number of carbonyl (C=O) groups excluding carboxylic acids is 1. The van der Waals surface area contributed by atoms with Gasteiger partial charge in [-0.2, -0.15) is 5.10 Å². The Kier molecular flexibility index (Phi) is 3.92. The summed E-state index contributed by atoms with van der Waals surface area (Å²) >= 11 is 0. The van der Waals surface area contributed by atoms with E-state index in [1.807, 2.05) is 57.1 Å². The van der Waals surface area contributed by atoms with Crippen molar-refractivity contribution in [3.63, 3.8) is 0 Å². The highest BCUT2D eigenvalue weighted by molar-refractivity contribution is 6.06. The van der Waals surface area contributed by atoms with Gasteiger partial charge in [0.25, 0.3) is 5.91 Å². The molecule has 0 atom stereocenters. The van der Waals surface area contributed by atoms with E-state index in [1.165, 1.54) is 0 Å². The lowest BCUT2D eigenvalue weighted by Gasteiger charge is -2.05. The first-order chi connectivity index (χ1) is 10.9. The van der Waals surface area contributed by atoms with Gasteiger partial charge in [-0.25, -0.2) is 0 Å². The third kappa shape index (κ3) is 3.12. The van der Waals surface area contributed by atoms with Gasteiger partial charge in [0, 0.05) is 23.6 Å². The van der Waals surface area contributed by atoms with E-state index in [0.29, 0.717) is 17.2 Å². The second-order valence-electron chi connectivity index (χ2n) is 6.03. The molecule has 3 rings (SSSR count). The van der Waals surface area contributed by atoms with Crippen molar-refractivity contribution >= 4 is 22.7 Å². The predicted octanol–water partition coefficient (Wildman–Crippen LogP) is 3.09. The Bertz CT molecular complexity index is 861. The molecule has 2 aromatic heterocycles. The largest absolute Gasteiger partial charge is 0.451 e. The van der Waals surface area contributed by atoms with Gasteiger partial charge in [0.05, 0.1) is 5.69 Å². The number of H-pyrrole nitrogens is 1. The zero-order chi connectivity index (χ0) is 16.6. The molecule has 0 bridgehead atoms. The molecule has 2 N–H and O–H groups in total. The van der Waals surface area contributed by atoms with E-state index in [0.717, 1.165) is 28.8 Å². The molecular weight excluding hydrogens is 292 g/mol. The lowest BCUT2D eigenvalue weighted by atomic mass is 10.1. The first kappa shape index (κ1) is 15.3. The summed E-state index contributed by atoms with van der Waals surface area (Å²) in [6.45, 7) is 4.63. The molecule has 0 saturated heterocycles. The summed E-state index contributed by atoms with van der Waals surface area (Å²) in [5.74, 6) is 0.518. The van der Waals surface area contributed by atoms with Crippen LogP contribution in [-0.2, 0) is 6.54 Å². The monoisotopic (exact) mass is 312 g/mol. The minimum atomic E-state index is -0.292. The fourth-order valence-electron chi connectivity index (χ4n) is 2.57. The molecule has 0 spiro atoms. The van der Waals surface area contributed by atoms with Crippen LogP contribution in [0.2, 0.25) is 0 Å². The number of anilines is 1. The van der Waals surface area contributed by atoms with Crippen molar-refractivity contribution in [1.29, 1.82) is 0 Å². The molecule has 6 nitrogen and oxygen atoms in total. The van der Waals surface area contributed by atoms with Gasteiger partial charge in [-0.1, -0.05) is 11.6 Å². The Hall–Kier alpha value is -2.60. The van der Waals surface area contributed by atoms with E-state index in [2.05, 4.69) is 15.5 Å². The fourth-order valence-corrected chi connectivity index (χ4v) is 2.57. The summed E-state index contributed by atoms with van der Waals surface area (Å²) in [4.78, 5) is 14.5. The summed E-state index contributed by atoms with van der Waals surface area (Å²) in [6, 6.07) is 7.70. The van der Waals surface area contributed by atoms with Crippen LogP contribution in [0.25, 0.3) is 11.0 Å². The predicted molar refractivity (Wildman–Crippen MR) is 89.6 cm³/mol. The van der Waals surface area contributed by atoms with Crippen molar-refractivity contribution in [1.82, 2.24) is 15.1 Å². The zero-order valence-electron chi connectivity index (χ0n) is 13.7. The number of nitrogens with one attached hydrogen (secondary N) is 2. The van der Waals surface area contributed by atoms with Crippen molar-refractivity contribution < 1.29 is 9.21 Å². The molecule has 1 amide bonds. The molecule has 0 aliphatic rings. The maximum absolute atomic E-state index is 12.5. The molecule has 6 heteroatoms. The normalized spacial score (nSPS) is 11.3. The van der Waals surface area contributed by atoms with Crippen LogP contribution in [0, 0.1) is 13.8 Å². The van der Waals surface area contributed by atoms with Crippen molar-refractivity contribution in [3.05, 3.63) is 46.8 Å². The zero-order valence-corrected chi connectivity index (χ0v) is 13.7. The molecule has 0 fully saturated rings. The number of hydrogen-bond acceptors (Lipinski definition) is 4. The van der Waals surface area contributed by atoms with Crippen molar-refractivity contribution in [2.45, 2.75) is 20.4 Å². The molecule has 3 aromatic rings. The molecule has 120 valence electrons. The number of furan rings is 1. The first-order valence-corrected chi connectivity index (χ1v) is 7.44. The number of hydrogen-bond donors (Lipinski definition) is 2. The first-order valence-electron chi connectivity index (χ1n) is 7.44. The number of aromatic nitrogens is 2. The van der Waals surface area contributed by atoms with Gasteiger partial charge in [0.1, 0.15) is 5.58 Å². The summed E-state index contributed by atoms with van der Waals surface area (Å²) in [7, 11) is 3.94. The number of aryl methyl sites for hydroxylation is 2. The lowest BCUT2D eigenvalue weighted by molar-refractivity contribution is 0.0997. The summed E-state index contributed by atoms with van der Waals surface area (Å²) in [5, 5.41) is 10.8. The molecule has 0 aliphatic heterocycles. The highest BCUT2D eigenvalue weighted by Gasteiger charge is 2.18. The van der Waals surface area contributed by atoms with E-state index >= 15 is 0 Å². The van der Waals surface area contributed by atoms with Gasteiger partial charge in [-0.15, -0.1) is 0 Å². The lowest BCUT2D eigenvalue weighted by Crippen LogP contribution is -2.12. The van der Waals surface area contributed by atoms with Gasteiger partial charge in [-0.05, 0) is 40.1 Å². The van der Waals surface area contributed by atoms with Gasteiger partial charge in [0.2, 0.25) is 0 Å². The maximum Gasteiger partial charge on any atom is 0.292 e. The maximum atomic E-state index is 12.5. The number of rotatable bonds is 4. The van der Waals surface area contributed by atoms with Crippen LogP contribution < -0.4 is 5.32 Å². The molecule has 0 unspecified atom stereocenters. The summed E-state index contributed by atoms with van der Waals surface area (Å²) in [5.41, 5.74) is 3.62. The standard InChI is InChI=1S/C17H20N4O2/c1-10-5-6-14-13(7-10)11(2)16(23-14)17(22)18-15-8-12(19-20-15)9-21(3)4/h5-8H,9H2,1-4H3,(H2,18,19,20,22). The Balaban J connectivity index is 1.83. The smallest absolute Gasteiger partial charge is 0.292 e. The fraction of sp³-hybridized carbons (Fsp3) is 0.294. The summed E-state index contributed by atoms with van der Waals surface area (Å²) < 4.78 is 5.70.